The predicted octanol–water partition coefficient (Wildman–Crippen LogP) is 1.13. The van der Waals surface area contributed by atoms with E-state index in [9.17, 15) is 28.1 Å². The van der Waals surface area contributed by atoms with E-state index in [1.54, 1.807) is 12.1 Å². The number of nitro benzene ring substituents is 1. The summed E-state index contributed by atoms with van der Waals surface area (Å²) in [6, 6.07) is 11.9. The van der Waals surface area contributed by atoms with Crippen molar-refractivity contribution in [2.45, 2.75) is 9.79 Å². The fraction of sp³-hybridized carbons (Fsp3) is 0.222. The minimum absolute atomic E-state index is 0.00851. The summed E-state index contributed by atoms with van der Waals surface area (Å²) in [6.45, 7) is -0.295. The molecule has 0 atom stereocenters. The summed E-state index contributed by atoms with van der Waals surface area (Å²) in [7, 11) is -3.96. The van der Waals surface area contributed by atoms with Crippen molar-refractivity contribution in [2.24, 2.45) is 0 Å². The van der Waals surface area contributed by atoms with E-state index in [4.69, 9.17) is 0 Å². The minimum atomic E-state index is -3.96. The Morgan fingerprint density at radius 1 is 1.17 bits per heavy atom. The first-order chi connectivity index (χ1) is 14.3. The molecule has 0 aromatic heterocycles. The quantitative estimate of drug-likeness (QED) is 0.349. The average Bonchev–Trinajstić information content (AvgIpc) is 2.73. The lowest BCUT2D eigenvalue weighted by Crippen LogP contribution is -2.44. The third kappa shape index (κ3) is 5.14. The molecule has 3 rings (SSSR count). The van der Waals surface area contributed by atoms with E-state index in [-0.39, 0.29) is 41.9 Å². The highest BCUT2D eigenvalue weighted by atomic mass is 32.2. The molecule has 12 heteroatoms. The van der Waals surface area contributed by atoms with Crippen LogP contribution in [0.4, 0.5) is 11.4 Å². The SMILES string of the molecule is O=C(CN1C(=O)CSc2ccccc21)NCCNS(=O)(=O)c1cccc([N+](=O)[O-])c1. The van der Waals surface area contributed by atoms with Gasteiger partial charge in [-0.25, -0.2) is 13.1 Å². The molecular formula is C18H18N4O6S2. The van der Waals surface area contributed by atoms with E-state index < -0.39 is 20.9 Å². The van der Waals surface area contributed by atoms with E-state index in [0.29, 0.717) is 5.69 Å². The van der Waals surface area contributed by atoms with Gasteiger partial charge in [0, 0.05) is 30.1 Å². The van der Waals surface area contributed by atoms with Crippen LogP contribution < -0.4 is 14.9 Å². The van der Waals surface area contributed by atoms with E-state index in [0.717, 1.165) is 11.0 Å². The molecule has 1 aliphatic rings. The van der Waals surface area contributed by atoms with Gasteiger partial charge < -0.3 is 10.2 Å². The molecule has 30 heavy (non-hydrogen) atoms. The Hall–Kier alpha value is -2.96. The highest BCUT2D eigenvalue weighted by Crippen LogP contribution is 2.34. The van der Waals surface area contributed by atoms with Gasteiger partial charge in [0.15, 0.2) is 0 Å². The van der Waals surface area contributed by atoms with Crippen LogP contribution in [0.1, 0.15) is 0 Å². The lowest BCUT2D eigenvalue weighted by atomic mass is 10.2. The number of anilines is 1. The summed E-state index contributed by atoms with van der Waals surface area (Å²) in [5.74, 6) is -0.368. The van der Waals surface area contributed by atoms with Crippen molar-refractivity contribution in [3.63, 3.8) is 0 Å². The largest absolute Gasteiger partial charge is 0.353 e. The number of benzene rings is 2. The normalized spacial score (nSPS) is 13.6. The molecule has 2 aromatic carbocycles. The van der Waals surface area contributed by atoms with Gasteiger partial charge in [-0.3, -0.25) is 19.7 Å². The second kappa shape index (κ2) is 9.24. The molecule has 0 radical (unpaired) electrons. The van der Waals surface area contributed by atoms with E-state index in [1.165, 1.54) is 34.9 Å². The third-order valence-corrected chi connectivity index (χ3v) is 6.69. The number of nitrogens with zero attached hydrogens (tertiary/aromatic N) is 2. The number of carbonyl (C=O) groups is 2. The van der Waals surface area contributed by atoms with E-state index in [2.05, 4.69) is 10.0 Å². The summed E-state index contributed by atoms with van der Waals surface area (Å²) in [5.41, 5.74) is 0.330. The average molecular weight is 450 g/mol. The van der Waals surface area contributed by atoms with Gasteiger partial charge in [-0.15, -0.1) is 11.8 Å². The number of rotatable bonds is 8. The Balaban J connectivity index is 1.52. The van der Waals surface area contributed by atoms with Gasteiger partial charge >= 0.3 is 0 Å². The van der Waals surface area contributed by atoms with E-state index in [1.807, 2.05) is 12.1 Å². The third-order valence-electron chi connectivity index (χ3n) is 4.19. The van der Waals surface area contributed by atoms with Crippen LogP contribution in [0.2, 0.25) is 0 Å². The van der Waals surface area contributed by atoms with Crippen molar-refractivity contribution in [1.29, 1.82) is 0 Å². The van der Waals surface area contributed by atoms with Gasteiger partial charge in [0.1, 0.15) is 6.54 Å². The maximum absolute atomic E-state index is 12.2. The number of nitrogens with one attached hydrogen (secondary N) is 2. The zero-order valence-corrected chi connectivity index (χ0v) is 17.2. The van der Waals surface area contributed by atoms with Crippen LogP contribution in [0.25, 0.3) is 0 Å². The lowest BCUT2D eigenvalue weighted by molar-refractivity contribution is -0.385. The smallest absolute Gasteiger partial charge is 0.270 e. The summed E-state index contributed by atoms with van der Waals surface area (Å²) >= 11 is 1.41. The first-order valence-corrected chi connectivity index (χ1v) is 11.3. The summed E-state index contributed by atoms with van der Waals surface area (Å²) in [6.07, 6.45) is 0. The van der Waals surface area contributed by atoms with Gasteiger partial charge in [-0.2, -0.15) is 0 Å². The van der Waals surface area contributed by atoms with Crippen molar-refractivity contribution < 1.29 is 22.9 Å². The Morgan fingerprint density at radius 2 is 1.93 bits per heavy atom. The first-order valence-electron chi connectivity index (χ1n) is 8.81. The van der Waals surface area contributed by atoms with Crippen LogP contribution in [-0.4, -0.2) is 50.5 Å². The van der Waals surface area contributed by atoms with Crippen molar-refractivity contribution in [3.8, 4) is 0 Å². The first kappa shape index (κ1) is 21.7. The van der Waals surface area contributed by atoms with Crippen molar-refractivity contribution >= 4 is 45.0 Å². The van der Waals surface area contributed by atoms with Gasteiger partial charge in [0.2, 0.25) is 21.8 Å². The molecular weight excluding hydrogens is 432 g/mol. The number of thioether (sulfide) groups is 1. The van der Waals surface area contributed by atoms with Crippen molar-refractivity contribution in [3.05, 3.63) is 58.6 Å². The van der Waals surface area contributed by atoms with Crippen LogP contribution in [-0.2, 0) is 19.6 Å². The molecule has 2 N–H and O–H groups in total. The standard InChI is InChI=1S/C18H18N4O6S2/c23-17(11-21-15-6-1-2-7-16(15)29-12-18(21)24)19-8-9-20-30(27,28)14-5-3-4-13(10-14)22(25)26/h1-7,10,20H,8-9,11-12H2,(H,19,23). The monoisotopic (exact) mass is 450 g/mol. The molecule has 10 nitrogen and oxygen atoms in total. The highest BCUT2D eigenvalue weighted by molar-refractivity contribution is 8.00. The molecule has 1 aliphatic heterocycles. The number of hydrogen-bond acceptors (Lipinski definition) is 7. The number of sulfonamides is 1. The van der Waals surface area contributed by atoms with Gasteiger partial charge in [0.25, 0.3) is 5.69 Å². The number of fused-ring (bicyclic) bond motifs is 1. The Morgan fingerprint density at radius 3 is 2.70 bits per heavy atom. The van der Waals surface area contributed by atoms with Crippen LogP contribution in [0.15, 0.2) is 58.3 Å². The highest BCUT2D eigenvalue weighted by Gasteiger charge is 2.26. The number of hydrogen-bond donors (Lipinski definition) is 2. The van der Waals surface area contributed by atoms with Gasteiger partial charge in [-0.1, -0.05) is 18.2 Å². The Labute approximate surface area is 176 Å². The fourth-order valence-corrected chi connectivity index (χ4v) is 4.77. The molecule has 0 spiro atoms. The minimum Gasteiger partial charge on any atom is -0.353 e. The number of nitro groups is 1. The molecule has 158 valence electrons. The molecule has 0 fully saturated rings. The van der Waals surface area contributed by atoms with Crippen LogP contribution in [0.3, 0.4) is 0 Å². The number of carbonyl (C=O) groups excluding carboxylic acids is 2. The molecule has 2 aromatic rings. The van der Waals surface area contributed by atoms with Crippen LogP contribution >= 0.6 is 11.8 Å². The van der Waals surface area contributed by atoms with Crippen LogP contribution in [0.5, 0.6) is 0 Å². The van der Waals surface area contributed by atoms with Gasteiger partial charge in [-0.05, 0) is 18.2 Å². The lowest BCUT2D eigenvalue weighted by Gasteiger charge is -2.28. The predicted molar refractivity (Wildman–Crippen MR) is 111 cm³/mol. The zero-order valence-electron chi connectivity index (χ0n) is 15.6. The molecule has 1 heterocycles. The maximum Gasteiger partial charge on any atom is 0.270 e. The molecule has 0 saturated carbocycles. The summed E-state index contributed by atoms with van der Waals surface area (Å²) in [5, 5.41) is 13.4. The maximum atomic E-state index is 12.2. The molecule has 0 unspecified atom stereocenters. The second-order valence-electron chi connectivity index (χ2n) is 6.24. The molecule has 2 amide bonds. The van der Waals surface area contributed by atoms with Gasteiger partial charge in [0.05, 0.1) is 21.3 Å². The molecule has 0 bridgehead atoms. The fourth-order valence-electron chi connectivity index (χ4n) is 2.76. The van der Waals surface area contributed by atoms with Crippen molar-refractivity contribution in [1.82, 2.24) is 10.0 Å². The molecule has 0 saturated heterocycles. The Bertz CT molecular complexity index is 1090. The second-order valence-corrected chi connectivity index (χ2v) is 9.02. The topological polar surface area (TPSA) is 139 Å². The van der Waals surface area contributed by atoms with E-state index >= 15 is 0 Å². The summed E-state index contributed by atoms with van der Waals surface area (Å²) < 4.78 is 26.8. The zero-order chi connectivity index (χ0) is 21.7. The number of non-ortho nitro benzene ring substituents is 1. The van der Waals surface area contributed by atoms with Crippen LogP contribution in [0, 0.1) is 10.1 Å². The number of amides is 2. The Kier molecular flexibility index (Phi) is 6.70. The number of para-hydroxylation sites is 1. The summed E-state index contributed by atoms with van der Waals surface area (Å²) in [4.78, 5) is 36.6. The molecule has 0 aliphatic carbocycles. The van der Waals surface area contributed by atoms with Crippen molar-refractivity contribution in [2.75, 3.05) is 30.3 Å².